The Morgan fingerprint density at radius 1 is 0.929 bits per heavy atom. The third-order valence-corrected chi connectivity index (χ3v) is 4.75. The van der Waals surface area contributed by atoms with Crippen molar-refractivity contribution in [3.05, 3.63) is 101 Å². The minimum absolute atomic E-state index is 0.0699. The second kappa shape index (κ2) is 7.46. The van der Waals surface area contributed by atoms with Crippen molar-refractivity contribution in [3.63, 3.8) is 0 Å². The average molecular weight is 362 g/mol. The Morgan fingerprint density at radius 3 is 2.57 bits per heavy atom. The number of nitriles is 1. The van der Waals surface area contributed by atoms with E-state index in [2.05, 4.69) is 17.1 Å². The maximum Gasteiger partial charge on any atom is 0.168 e. The number of rotatable bonds is 4. The summed E-state index contributed by atoms with van der Waals surface area (Å²) in [7, 11) is 0. The zero-order valence-corrected chi connectivity index (χ0v) is 15.5. The predicted octanol–water partition coefficient (Wildman–Crippen LogP) is 5.51. The second-order valence-corrected chi connectivity index (χ2v) is 6.87. The molecule has 0 radical (unpaired) electrons. The van der Waals surface area contributed by atoms with Crippen molar-refractivity contribution in [3.8, 4) is 17.2 Å². The molecule has 0 bridgehead atoms. The first-order valence-corrected chi connectivity index (χ1v) is 9.12. The molecule has 3 aromatic carbocycles. The van der Waals surface area contributed by atoms with E-state index in [9.17, 15) is 4.79 Å². The topological polar surface area (TPSA) is 53.8 Å². The molecule has 0 spiro atoms. The molecule has 0 aliphatic carbocycles. The van der Waals surface area contributed by atoms with Crippen LogP contribution in [0.2, 0.25) is 0 Å². The van der Waals surface area contributed by atoms with E-state index in [4.69, 9.17) is 5.26 Å². The van der Waals surface area contributed by atoms with Crippen LogP contribution in [0, 0.1) is 18.3 Å². The number of fused-ring (bicyclic) bond motifs is 1. The Morgan fingerprint density at radius 2 is 1.75 bits per heavy atom. The molecular weight excluding hydrogens is 344 g/mol. The number of hydrogen-bond acceptors (Lipinski definition) is 3. The van der Waals surface area contributed by atoms with Gasteiger partial charge in [-0.05, 0) is 54.4 Å². The summed E-state index contributed by atoms with van der Waals surface area (Å²) in [6.45, 7) is 1.98. The summed E-state index contributed by atoms with van der Waals surface area (Å²) >= 11 is 0. The van der Waals surface area contributed by atoms with E-state index in [-0.39, 0.29) is 12.2 Å². The molecule has 0 N–H and O–H groups in total. The van der Waals surface area contributed by atoms with Crippen molar-refractivity contribution in [1.82, 2.24) is 4.98 Å². The summed E-state index contributed by atoms with van der Waals surface area (Å²) < 4.78 is 0. The number of aromatic nitrogens is 1. The Kier molecular flexibility index (Phi) is 4.70. The van der Waals surface area contributed by atoms with Gasteiger partial charge in [0.15, 0.2) is 5.78 Å². The van der Waals surface area contributed by atoms with Gasteiger partial charge in [-0.1, -0.05) is 48.0 Å². The van der Waals surface area contributed by atoms with E-state index in [1.54, 1.807) is 6.07 Å². The minimum Gasteiger partial charge on any atom is -0.294 e. The predicted molar refractivity (Wildman–Crippen MR) is 111 cm³/mol. The summed E-state index contributed by atoms with van der Waals surface area (Å²) in [4.78, 5) is 17.2. The van der Waals surface area contributed by atoms with Crippen LogP contribution >= 0.6 is 0 Å². The van der Waals surface area contributed by atoms with Crippen LogP contribution in [0.3, 0.4) is 0 Å². The fourth-order valence-corrected chi connectivity index (χ4v) is 3.30. The fraction of sp³-hybridized carbons (Fsp3) is 0.0800. The van der Waals surface area contributed by atoms with E-state index >= 15 is 0 Å². The Bertz CT molecular complexity index is 1230. The van der Waals surface area contributed by atoms with Gasteiger partial charge in [0.25, 0.3) is 0 Å². The van der Waals surface area contributed by atoms with Crippen LogP contribution in [0.25, 0.3) is 22.0 Å². The molecule has 0 unspecified atom stereocenters. The molecule has 0 amide bonds. The maximum absolute atomic E-state index is 12.5. The monoisotopic (exact) mass is 362 g/mol. The Hall–Kier alpha value is -3.77. The number of ketones is 1. The molecule has 4 aromatic rings. The van der Waals surface area contributed by atoms with E-state index in [0.717, 1.165) is 38.9 Å². The highest BCUT2D eigenvalue weighted by molar-refractivity contribution is 5.97. The van der Waals surface area contributed by atoms with Gasteiger partial charge in [0.2, 0.25) is 0 Å². The molecule has 0 aliphatic heterocycles. The van der Waals surface area contributed by atoms with Crippen molar-refractivity contribution in [2.45, 2.75) is 13.3 Å². The van der Waals surface area contributed by atoms with Gasteiger partial charge in [-0.2, -0.15) is 5.26 Å². The lowest BCUT2D eigenvalue weighted by molar-refractivity contribution is 0.0992. The van der Waals surface area contributed by atoms with Crippen molar-refractivity contribution in [1.29, 1.82) is 5.26 Å². The summed E-state index contributed by atoms with van der Waals surface area (Å²) in [6.07, 6.45) is 0.283. The van der Waals surface area contributed by atoms with E-state index in [1.807, 2.05) is 73.7 Å². The highest BCUT2D eigenvalue weighted by atomic mass is 16.1. The minimum atomic E-state index is 0.0699. The van der Waals surface area contributed by atoms with Gasteiger partial charge in [-0.3, -0.25) is 9.78 Å². The Labute approximate surface area is 163 Å². The van der Waals surface area contributed by atoms with Crippen LogP contribution in [-0.4, -0.2) is 10.8 Å². The molecule has 3 heteroatoms. The molecule has 0 saturated heterocycles. The van der Waals surface area contributed by atoms with Gasteiger partial charge in [-0.25, -0.2) is 0 Å². The summed E-state index contributed by atoms with van der Waals surface area (Å²) in [5.41, 5.74) is 6.09. The zero-order chi connectivity index (χ0) is 19.5. The smallest absolute Gasteiger partial charge is 0.168 e. The first kappa shape index (κ1) is 17.6. The van der Waals surface area contributed by atoms with Gasteiger partial charge in [-0.15, -0.1) is 0 Å². The van der Waals surface area contributed by atoms with Gasteiger partial charge in [0.05, 0.1) is 23.6 Å². The van der Waals surface area contributed by atoms with Crippen LogP contribution in [0.15, 0.2) is 78.9 Å². The highest BCUT2D eigenvalue weighted by Gasteiger charge is 2.09. The molecule has 134 valence electrons. The van der Waals surface area contributed by atoms with Crippen molar-refractivity contribution >= 4 is 16.7 Å². The van der Waals surface area contributed by atoms with Crippen molar-refractivity contribution in [2.75, 3.05) is 0 Å². The summed E-state index contributed by atoms with van der Waals surface area (Å²) in [6, 6.07) is 27.3. The number of pyridine rings is 1. The van der Waals surface area contributed by atoms with Crippen LogP contribution in [0.4, 0.5) is 0 Å². The molecular formula is C25H18N2O. The Balaban J connectivity index is 1.61. The number of aryl methyl sites for hydroxylation is 1. The van der Waals surface area contributed by atoms with E-state index < -0.39 is 0 Å². The highest BCUT2D eigenvalue weighted by Crippen LogP contribution is 2.25. The van der Waals surface area contributed by atoms with E-state index in [1.165, 1.54) is 0 Å². The zero-order valence-electron chi connectivity index (χ0n) is 15.5. The number of hydrogen-bond donors (Lipinski definition) is 0. The molecule has 1 heterocycles. The molecule has 3 nitrogen and oxygen atoms in total. The quantitative estimate of drug-likeness (QED) is 0.450. The average Bonchev–Trinajstić information content (AvgIpc) is 2.73. The molecule has 0 aliphatic rings. The van der Waals surface area contributed by atoms with Crippen LogP contribution in [0.5, 0.6) is 0 Å². The largest absolute Gasteiger partial charge is 0.294 e. The maximum atomic E-state index is 12.5. The molecule has 4 rings (SSSR count). The SMILES string of the molecule is Cc1cccc(C(=O)Cc2ccc3cc(-c4cccc(C#N)c4)ccc3n2)c1. The van der Waals surface area contributed by atoms with Gasteiger partial charge >= 0.3 is 0 Å². The number of Topliss-reactive ketones (excluding diaryl/α,β-unsaturated/α-hetero) is 1. The third kappa shape index (κ3) is 3.67. The number of carbonyl (C=O) groups is 1. The molecule has 28 heavy (non-hydrogen) atoms. The third-order valence-electron chi connectivity index (χ3n) is 4.75. The lowest BCUT2D eigenvalue weighted by Crippen LogP contribution is -2.05. The van der Waals surface area contributed by atoms with Gasteiger partial charge in [0.1, 0.15) is 0 Å². The summed E-state index contributed by atoms with van der Waals surface area (Å²) in [5, 5.41) is 10.1. The lowest BCUT2D eigenvalue weighted by Gasteiger charge is -2.07. The molecule has 0 saturated carbocycles. The van der Waals surface area contributed by atoms with Crippen LogP contribution in [-0.2, 0) is 6.42 Å². The standard InChI is InChI=1S/C25H18N2O/c1-17-4-2-7-22(12-17)25(28)15-23-10-8-21-14-20(9-11-24(21)27-23)19-6-3-5-18(13-19)16-26/h2-14H,15H2,1H3. The first-order chi connectivity index (χ1) is 13.6. The first-order valence-electron chi connectivity index (χ1n) is 9.12. The van der Waals surface area contributed by atoms with Gasteiger partial charge < -0.3 is 0 Å². The van der Waals surface area contributed by atoms with Crippen molar-refractivity contribution < 1.29 is 4.79 Å². The van der Waals surface area contributed by atoms with Crippen LogP contribution < -0.4 is 0 Å². The van der Waals surface area contributed by atoms with Gasteiger partial charge in [0, 0.05) is 16.6 Å². The number of nitrogens with zero attached hydrogens (tertiary/aromatic N) is 2. The fourth-order valence-electron chi connectivity index (χ4n) is 3.30. The lowest BCUT2D eigenvalue weighted by atomic mass is 10.0. The van der Waals surface area contributed by atoms with E-state index in [0.29, 0.717) is 5.56 Å². The van der Waals surface area contributed by atoms with Crippen LogP contribution in [0.1, 0.15) is 27.2 Å². The molecule has 1 aromatic heterocycles. The molecule has 0 fully saturated rings. The number of carbonyl (C=O) groups excluding carboxylic acids is 1. The molecule has 0 atom stereocenters. The second-order valence-electron chi connectivity index (χ2n) is 6.87. The normalized spacial score (nSPS) is 10.6. The summed E-state index contributed by atoms with van der Waals surface area (Å²) in [5.74, 6) is 0.0699. The number of benzene rings is 3. The van der Waals surface area contributed by atoms with Crippen molar-refractivity contribution in [2.24, 2.45) is 0 Å².